The highest BCUT2D eigenvalue weighted by Gasteiger charge is 2.56. The zero-order valence-electron chi connectivity index (χ0n) is 9.66. The van der Waals surface area contributed by atoms with Crippen LogP contribution in [0.1, 0.15) is 0 Å². The van der Waals surface area contributed by atoms with Gasteiger partial charge in [-0.1, -0.05) is 0 Å². The molecule has 7 N–H and O–H groups in total. The van der Waals surface area contributed by atoms with Crippen LogP contribution in [0.4, 0.5) is 0 Å². The van der Waals surface area contributed by atoms with E-state index in [9.17, 15) is 25.2 Å². The molecule has 1 fully saturated rings. The van der Waals surface area contributed by atoms with Crippen molar-refractivity contribution in [3.8, 4) is 0 Å². The van der Waals surface area contributed by atoms with Crippen molar-refractivity contribution in [2.45, 2.75) is 36.5 Å². The Morgan fingerprint density at radius 2 is 1.84 bits per heavy atom. The normalized spacial score (nSPS) is 40.8. The molecule has 1 heterocycles. The van der Waals surface area contributed by atoms with Gasteiger partial charge in [0.05, 0.1) is 13.2 Å². The highest BCUT2D eigenvalue weighted by molar-refractivity contribution is 5.74. The van der Waals surface area contributed by atoms with E-state index in [1.54, 1.807) is 0 Å². The number of aliphatic hydroxyl groups excluding tert-OH is 6. The summed E-state index contributed by atoms with van der Waals surface area (Å²) in [6.07, 6.45) is -9.43. The molecule has 0 aromatic heterocycles. The Balaban J connectivity index is 2.86. The summed E-state index contributed by atoms with van der Waals surface area (Å²) in [4.78, 5) is 11.2. The number of hydrogen-bond donors (Lipinski definition) is 7. The third-order valence-corrected chi connectivity index (χ3v) is 2.62. The highest BCUT2D eigenvalue weighted by atomic mass is 16.8. The second kappa shape index (κ2) is 6.07. The molecule has 0 amide bonds. The van der Waals surface area contributed by atoms with Gasteiger partial charge >= 0.3 is 11.9 Å². The van der Waals surface area contributed by atoms with Gasteiger partial charge in [-0.05, 0) is 0 Å². The molecule has 10 nitrogen and oxygen atoms in total. The van der Waals surface area contributed by atoms with Crippen LogP contribution in [-0.2, 0) is 14.3 Å². The molecule has 0 bridgehead atoms. The molecule has 0 saturated carbocycles. The number of aliphatic hydroxyl groups is 7. The summed E-state index contributed by atoms with van der Waals surface area (Å²) >= 11 is 0. The predicted molar refractivity (Wildman–Crippen MR) is 54.1 cm³/mol. The van der Waals surface area contributed by atoms with Gasteiger partial charge in [-0.25, -0.2) is 4.79 Å². The van der Waals surface area contributed by atoms with E-state index >= 15 is 0 Å². The van der Waals surface area contributed by atoms with Gasteiger partial charge in [-0.3, -0.25) is 0 Å². The lowest BCUT2D eigenvalue weighted by Gasteiger charge is -2.43. The smallest absolute Gasteiger partial charge is 0.357 e. The maximum absolute atomic E-state index is 11.2. The Morgan fingerprint density at radius 3 is 2.32 bits per heavy atom. The van der Waals surface area contributed by atoms with Crippen LogP contribution in [0, 0.1) is 0 Å². The molecule has 0 radical (unpaired) electrons. The Kier molecular flexibility index (Phi) is 5.18. The molecule has 1 aliphatic heterocycles. The fraction of sp³-hybridized carbons (Fsp3) is 0.889. The monoisotopic (exact) mass is 284 g/mol. The van der Waals surface area contributed by atoms with Crippen LogP contribution in [0.3, 0.4) is 0 Å². The average molecular weight is 284 g/mol. The van der Waals surface area contributed by atoms with Crippen LogP contribution in [0.25, 0.3) is 0 Å². The Labute approximate surface area is 107 Å². The summed E-state index contributed by atoms with van der Waals surface area (Å²) in [6, 6.07) is 0. The molecule has 112 valence electrons. The third-order valence-electron chi connectivity index (χ3n) is 2.62. The van der Waals surface area contributed by atoms with Crippen LogP contribution < -0.4 is 0 Å². The number of carbonyl (C=O) groups excluding carboxylic acids is 1. The van der Waals surface area contributed by atoms with Crippen LogP contribution >= 0.6 is 0 Å². The van der Waals surface area contributed by atoms with Gasteiger partial charge < -0.3 is 45.2 Å². The van der Waals surface area contributed by atoms with E-state index in [0.717, 1.165) is 0 Å². The fourth-order valence-electron chi connectivity index (χ4n) is 1.50. The van der Waals surface area contributed by atoms with Crippen molar-refractivity contribution in [1.82, 2.24) is 0 Å². The molecular formula is C9H16O10. The molecule has 19 heavy (non-hydrogen) atoms. The minimum atomic E-state index is -3.07. The van der Waals surface area contributed by atoms with E-state index in [0.29, 0.717) is 0 Å². The summed E-state index contributed by atoms with van der Waals surface area (Å²) in [7, 11) is 0. The lowest BCUT2D eigenvalue weighted by Crippen LogP contribution is -2.67. The molecule has 0 aromatic rings. The van der Waals surface area contributed by atoms with Gasteiger partial charge in [0, 0.05) is 0 Å². The van der Waals surface area contributed by atoms with Gasteiger partial charge in [0.2, 0.25) is 0 Å². The van der Waals surface area contributed by atoms with E-state index in [2.05, 4.69) is 9.47 Å². The zero-order chi connectivity index (χ0) is 14.8. The molecule has 1 saturated heterocycles. The first kappa shape index (κ1) is 16.2. The Bertz CT molecular complexity index is 320. The first-order valence-electron chi connectivity index (χ1n) is 5.33. The van der Waals surface area contributed by atoms with Crippen molar-refractivity contribution in [1.29, 1.82) is 0 Å². The van der Waals surface area contributed by atoms with Crippen molar-refractivity contribution in [3.05, 3.63) is 0 Å². The summed E-state index contributed by atoms with van der Waals surface area (Å²) in [5.41, 5.74) is 0. The quantitative estimate of drug-likeness (QED) is 0.195. The number of rotatable bonds is 4. The number of hydrogen-bond acceptors (Lipinski definition) is 10. The van der Waals surface area contributed by atoms with E-state index in [1.807, 2.05) is 0 Å². The second-order valence-electron chi connectivity index (χ2n) is 4.02. The Morgan fingerprint density at radius 1 is 1.26 bits per heavy atom. The molecule has 6 atom stereocenters. The van der Waals surface area contributed by atoms with Gasteiger partial charge in [0.1, 0.15) is 18.3 Å². The van der Waals surface area contributed by atoms with Crippen molar-refractivity contribution in [3.63, 3.8) is 0 Å². The van der Waals surface area contributed by atoms with Gasteiger partial charge in [-0.2, -0.15) is 0 Å². The first-order valence-corrected chi connectivity index (χ1v) is 5.33. The van der Waals surface area contributed by atoms with E-state index in [-0.39, 0.29) is 0 Å². The molecule has 2 unspecified atom stereocenters. The largest absolute Gasteiger partial charge is 0.404 e. The van der Waals surface area contributed by atoms with Gasteiger partial charge in [0.25, 0.3) is 0 Å². The number of esters is 1. The average Bonchev–Trinajstić information content (AvgIpc) is 2.39. The number of carbonyl (C=O) groups is 1. The lowest BCUT2D eigenvalue weighted by molar-refractivity contribution is -0.435. The minimum Gasteiger partial charge on any atom is -0.404 e. The molecular weight excluding hydrogens is 268 g/mol. The lowest BCUT2D eigenvalue weighted by atomic mass is 9.98. The first-order chi connectivity index (χ1) is 8.76. The Hall–Kier alpha value is -0.850. The summed E-state index contributed by atoms with van der Waals surface area (Å²) < 4.78 is 8.84. The van der Waals surface area contributed by atoms with Crippen LogP contribution in [0.15, 0.2) is 0 Å². The van der Waals surface area contributed by atoms with Crippen LogP contribution in [0.5, 0.6) is 0 Å². The SMILES string of the molecule is O=C(OC1(O)O[C@H](CO)[C@H](O)[C@H](O)[C@H]1O)C(O)CO. The predicted octanol–water partition coefficient (Wildman–Crippen LogP) is -5.00. The topological polar surface area (TPSA) is 177 Å². The van der Waals surface area contributed by atoms with Crippen molar-refractivity contribution < 1.29 is 50.0 Å². The van der Waals surface area contributed by atoms with Crippen molar-refractivity contribution >= 4 is 5.97 Å². The summed E-state index contributed by atoms with van der Waals surface area (Å²) in [5.74, 6) is -4.59. The van der Waals surface area contributed by atoms with Gasteiger partial charge in [-0.15, -0.1) is 0 Å². The summed E-state index contributed by atoms with van der Waals surface area (Å²) in [6.45, 7) is -1.84. The highest BCUT2D eigenvalue weighted by Crippen LogP contribution is 2.29. The standard InChI is InChI=1S/C9H16O10/c10-1-3(12)8(16)19-9(17)7(15)6(14)5(13)4(2-11)18-9/h3-7,10-15,17H,1-2H2/t3?,4-,5+,6+,7-,9?/m1/s1. The summed E-state index contributed by atoms with van der Waals surface area (Å²) in [5, 5.41) is 64.4. The molecule has 1 rings (SSSR count). The molecule has 0 aliphatic carbocycles. The van der Waals surface area contributed by atoms with Crippen molar-refractivity contribution in [2.75, 3.05) is 13.2 Å². The molecule has 1 aliphatic rings. The fourth-order valence-corrected chi connectivity index (χ4v) is 1.50. The van der Waals surface area contributed by atoms with Crippen molar-refractivity contribution in [2.24, 2.45) is 0 Å². The minimum absolute atomic E-state index is 0.840. The number of ether oxygens (including phenoxy) is 2. The molecule has 0 spiro atoms. The molecule has 10 heteroatoms. The van der Waals surface area contributed by atoms with E-state index in [4.69, 9.17) is 15.3 Å². The van der Waals surface area contributed by atoms with E-state index < -0.39 is 55.7 Å². The second-order valence-corrected chi connectivity index (χ2v) is 4.02. The third kappa shape index (κ3) is 3.19. The maximum atomic E-state index is 11.2. The van der Waals surface area contributed by atoms with E-state index in [1.165, 1.54) is 0 Å². The molecule has 0 aromatic carbocycles. The zero-order valence-corrected chi connectivity index (χ0v) is 9.66. The van der Waals surface area contributed by atoms with Crippen LogP contribution in [0.2, 0.25) is 0 Å². The van der Waals surface area contributed by atoms with Crippen LogP contribution in [-0.4, -0.2) is 91.4 Å². The van der Waals surface area contributed by atoms with Gasteiger partial charge in [0.15, 0.2) is 12.2 Å². The maximum Gasteiger partial charge on any atom is 0.357 e.